The smallest absolute Gasteiger partial charge is 0.222 e. The Kier molecular flexibility index (Phi) is 2.62. The predicted molar refractivity (Wildman–Crippen MR) is 76.8 cm³/mol. The molecule has 0 unspecified atom stereocenters. The molecule has 0 atom stereocenters. The van der Waals surface area contributed by atoms with Gasteiger partial charge in [0.1, 0.15) is 5.82 Å². The number of benzene rings is 1. The summed E-state index contributed by atoms with van der Waals surface area (Å²) in [7, 11) is 0. The number of nitrogens with one attached hydrogen (secondary N) is 1. The molecular weight excluding hydrogens is 327 g/mol. The van der Waals surface area contributed by atoms with E-state index in [1.807, 2.05) is 6.07 Å². The third kappa shape index (κ3) is 1.95. The maximum absolute atomic E-state index is 5.74. The average molecular weight is 338 g/mol. The number of rotatable bonds is 1. The topological polar surface area (TPSA) is 63.8 Å². The van der Waals surface area contributed by atoms with Gasteiger partial charge < -0.3 is 11.1 Å². The van der Waals surface area contributed by atoms with Crippen LogP contribution in [-0.2, 0) is 6.42 Å². The number of hydrogen-bond acceptors (Lipinski definition) is 4. The molecule has 0 spiro atoms. The lowest BCUT2D eigenvalue weighted by Crippen LogP contribution is -2.01. The summed E-state index contributed by atoms with van der Waals surface area (Å²) < 4.78 is 1.19. The summed E-state index contributed by atoms with van der Waals surface area (Å²) in [6.07, 6.45) is 0.955. The summed E-state index contributed by atoms with van der Waals surface area (Å²) >= 11 is 2.30. The minimum atomic E-state index is 0.326. The van der Waals surface area contributed by atoms with E-state index in [9.17, 15) is 0 Å². The number of nitrogen functional groups attached to an aromatic ring is 1. The lowest BCUT2D eigenvalue weighted by atomic mass is 10.1. The fourth-order valence-electron chi connectivity index (χ4n) is 2.06. The van der Waals surface area contributed by atoms with Gasteiger partial charge in [-0.3, -0.25) is 0 Å². The highest BCUT2D eigenvalue weighted by atomic mass is 127. The van der Waals surface area contributed by atoms with Gasteiger partial charge in [0.15, 0.2) is 0 Å². The van der Waals surface area contributed by atoms with E-state index < -0.39 is 0 Å². The first-order chi connectivity index (χ1) is 8.24. The highest BCUT2D eigenvalue weighted by molar-refractivity contribution is 14.1. The van der Waals surface area contributed by atoms with Crippen LogP contribution in [0.3, 0.4) is 0 Å². The van der Waals surface area contributed by atoms with E-state index in [1.54, 1.807) is 0 Å². The summed E-state index contributed by atoms with van der Waals surface area (Å²) in [5.74, 6) is 1.21. The van der Waals surface area contributed by atoms with Crippen molar-refractivity contribution in [1.29, 1.82) is 0 Å². The Bertz CT molecular complexity index is 583. The molecule has 2 heterocycles. The van der Waals surface area contributed by atoms with Gasteiger partial charge in [0, 0.05) is 21.2 Å². The summed E-state index contributed by atoms with van der Waals surface area (Å²) in [5, 5.41) is 3.23. The quantitative estimate of drug-likeness (QED) is 0.784. The van der Waals surface area contributed by atoms with E-state index in [4.69, 9.17) is 5.73 Å². The van der Waals surface area contributed by atoms with Gasteiger partial charge in [0.2, 0.25) is 5.95 Å². The Balaban J connectivity index is 2.21. The van der Waals surface area contributed by atoms with Crippen molar-refractivity contribution in [1.82, 2.24) is 9.97 Å². The molecule has 0 saturated carbocycles. The fraction of sp³-hybridized carbons (Fsp3) is 0.167. The second-order valence-corrected chi connectivity index (χ2v) is 5.19. The van der Waals surface area contributed by atoms with Crippen LogP contribution in [0.4, 0.5) is 11.8 Å². The zero-order valence-electron chi connectivity index (χ0n) is 9.07. The van der Waals surface area contributed by atoms with Crippen LogP contribution >= 0.6 is 22.6 Å². The number of nitrogens with zero attached hydrogens (tertiary/aromatic N) is 2. The number of anilines is 2. The van der Waals surface area contributed by atoms with E-state index in [2.05, 4.69) is 56.1 Å². The largest absolute Gasteiger partial charge is 0.369 e. The van der Waals surface area contributed by atoms with Crippen molar-refractivity contribution in [2.24, 2.45) is 0 Å². The van der Waals surface area contributed by atoms with Crippen molar-refractivity contribution < 1.29 is 0 Å². The van der Waals surface area contributed by atoms with E-state index in [0.717, 1.165) is 30.0 Å². The van der Waals surface area contributed by atoms with Gasteiger partial charge in [-0.25, -0.2) is 4.98 Å². The highest BCUT2D eigenvalue weighted by Gasteiger charge is 2.19. The van der Waals surface area contributed by atoms with Crippen molar-refractivity contribution in [3.8, 4) is 11.3 Å². The first-order valence-corrected chi connectivity index (χ1v) is 6.48. The van der Waals surface area contributed by atoms with Crippen molar-refractivity contribution in [2.75, 3.05) is 17.6 Å². The molecule has 2 aromatic rings. The Morgan fingerprint density at radius 2 is 2.18 bits per heavy atom. The van der Waals surface area contributed by atoms with E-state index in [0.29, 0.717) is 5.95 Å². The van der Waals surface area contributed by atoms with Crippen molar-refractivity contribution in [3.05, 3.63) is 33.4 Å². The molecule has 3 N–H and O–H groups in total. The summed E-state index contributed by atoms with van der Waals surface area (Å²) in [6, 6.07) is 8.26. The van der Waals surface area contributed by atoms with Gasteiger partial charge in [-0.2, -0.15) is 4.98 Å². The Morgan fingerprint density at radius 3 is 3.00 bits per heavy atom. The molecule has 1 aliphatic heterocycles. The van der Waals surface area contributed by atoms with Crippen molar-refractivity contribution in [2.45, 2.75) is 6.42 Å². The molecule has 1 aliphatic rings. The summed E-state index contributed by atoms with van der Waals surface area (Å²) in [5.41, 5.74) is 8.97. The summed E-state index contributed by atoms with van der Waals surface area (Å²) in [6.45, 7) is 0.907. The van der Waals surface area contributed by atoms with Gasteiger partial charge in [-0.05, 0) is 41.1 Å². The predicted octanol–water partition coefficient (Wildman–Crippen LogP) is 2.30. The lowest BCUT2D eigenvalue weighted by molar-refractivity contribution is 1.09. The highest BCUT2D eigenvalue weighted by Crippen LogP contribution is 2.31. The molecule has 0 fully saturated rings. The zero-order valence-corrected chi connectivity index (χ0v) is 11.2. The molecule has 5 heteroatoms. The first-order valence-electron chi connectivity index (χ1n) is 5.40. The summed E-state index contributed by atoms with van der Waals surface area (Å²) in [4.78, 5) is 8.60. The molecule has 1 aromatic carbocycles. The van der Waals surface area contributed by atoms with Crippen molar-refractivity contribution in [3.63, 3.8) is 0 Å². The molecule has 17 heavy (non-hydrogen) atoms. The Hall–Kier alpha value is -1.37. The Morgan fingerprint density at radius 1 is 1.29 bits per heavy atom. The van der Waals surface area contributed by atoms with Gasteiger partial charge in [0.05, 0.1) is 5.69 Å². The number of fused-ring (bicyclic) bond motifs is 1. The minimum absolute atomic E-state index is 0.326. The van der Waals surface area contributed by atoms with Gasteiger partial charge in [-0.15, -0.1) is 0 Å². The number of nitrogens with two attached hydrogens (primary N) is 1. The molecule has 4 nitrogen and oxygen atoms in total. The monoisotopic (exact) mass is 338 g/mol. The molecular formula is C12H11IN4. The number of halogens is 1. The van der Waals surface area contributed by atoms with Crippen LogP contribution in [0.1, 0.15) is 5.56 Å². The molecule has 0 amide bonds. The third-order valence-electron chi connectivity index (χ3n) is 2.79. The normalized spacial score (nSPS) is 13.2. The molecule has 86 valence electrons. The van der Waals surface area contributed by atoms with Crippen LogP contribution in [0, 0.1) is 3.57 Å². The molecule has 0 aliphatic carbocycles. The number of hydrogen-bond donors (Lipinski definition) is 2. The van der Waals surface area contributed by atoms with Crippen LogP contribution in [-0.4, -0.2) is 16.5 Å². The third-order valence-corrected chi connectivity index (χ3v) is 3.46. The SMILES string of the molecule is Nc1nc2c(c(-c3cccc(I)c3)n1)CCN2. The van der Waals surface area contributed by atoms with E-state index >= 15 is 0 Å². The first kappa shape index (κ1) is 10.8. The van der Waals surface area contributed by atoms with Crippen LogP contribution < -0.4 is 11.1 Å². The molecule has 3 rings (SSSR count). The van der Waals surface area contributed by atoms with Gasteiger partial charge in [0.25, 0.3) is 0 Å². The van der Waals surface area contributed by atoms with E-state index in [1.165, 1.54) is 9.13 Å². The van der Waals surface area contributed by atoms with Crippen LogP contribution in [0.25, 0.3) is 11.3 Å². The molecule has 1 aromatic heterocycles. The van der Waals surface area contributed by atoms with Gasteiger partial charge >= 0.3 is 0 Å². The van der Waals surface area contributed by atoms with Gasteiger partial charge in [-0.1, -0.05) is 12.1 Å². The Labute approximate surface area is 113 Å². The maximum atomic E-state index is 5.74. The maximum Gasteiger partial charge on any atom is 0.222 e. The number of aromatic nitrogens is 2. The minimum Gasteiger partial charge on any atom is -0.369 e. The molecule has 0 radical (unpaired) electrons. The zero-order chi connectivity index (χ0) is 11.8. The van der Waals surface area contributed by atoms with Crippen LogP contribution in [0.15, 0.2) is 24.3 Å². The van der Waals surface area contributed by atoms with E-state index in [-0.39, 0.29) is 0 Å². The standard InChI is InChI=1S/C12H11IN4/c13-8-3-1-2-7(6-8)10-9-4-5-15-11(9)17-12(14)16-10/h1-3,6H,4-5H2,(H3,14,15,16,17). The fourth-order valence-corrected chi connectivity index (χ4v) is 2.61. The van der Waals surface area contributed by atoms with Crippen molar-refractivity contribution >= 4 is 34.4 Å². The molecule has 0 saturated heterocycles. The van der Waals surface area contributed by atoms with Crippen LogP contribution in [0.5, 0.6) is 0 Å². The second-order valence-electron chi connectivity index (χ2n) is 3.94. The van der Waals surface area contributed by atoms with Crippen LogP contribution in [0.2, 0.25) is 0 Å². The second kappa shape index (κ2) is 4.14. The lowest BCUT2D eigenvalue weighted by Gasteiger charge is -2.08. The molecule has 0 bridgehead atoms. The average Bonchev–Trinajstić information content (AvgIpc) is 2.75.